The highest BCUT2D eigenvalue weighted by Crippen LogP contribution is 2.57. The number of carboxylic acids is 1. The lowest BCUT2D eigenvalue weighted by atomic mass is 9.76. The quantitative estimate of drug-likeness (QED) is 0.602. The largest absolute Gasteiger partial charge is 0.478 e. The monoisotopic (exact) mass is 317 g/mol. The highest BCUT2D eigenvalue weighted by atomic mass is 19.4. The normalized spacial score (nSPS) is 21.2. The molecule has 0 aromatic carbocycles. The van der Waals surface area contributed by atoms with Crippen LogP contribution < -0.4 is 0 Å². The van der Waals surface area contributed by atoms with Gasteiger partial charge in [-0.25, -0.2) is 4.79 Å². The minimum Gasteiger partial charge on any atom is -0.478 e. The van der Waals surface area contributed by atoms with Crippen LogP contribution in [-0.4, -0.2) is 28.0 Å². The number of hydrogen-bond acceptors (Lipinski definition) is 3. The molecule has 1 unspecified atom stereocenters. The molecule has 122 valence electrons. The molecule has 0 aromatic rings. The molecular formula is C15H18F3NO3. The predicted molar refractivity (Wildman–Crippen MR) is 72.6 cm³/mol. The fraction of sp³-hybridized carbons (Fsp3) is 0.600. The molecule has 22 heavy (non-hydrogen) atoms. The van der Waals surface area contributed by atoms with Gasteiger partial charge in [0.05, 0.1) is 17.1 Å². The van der Waals surface area contributed by atoms with Gasteiger partial charge in [-0.05, 0) is 25.7 Å². The maximum Gasteiger partial charge on any atom is 0.416 e. The molecule has 4 nitrogen and oxygen atoms in total. The van der Waals surface area contributed by atoms with Crippen molar-refractivity contribution in [3.63, 3.8) is 0 Å². The van der Waals surface area contributed by atoms with E-state index in [1.54, 1.807) is 13.8 Å². The van der Waals surface area contributed by atoms with Gasteiger partial charge in [-0.1, -0.05) is 26.0 Å². The van der Waals surface area contributed by atoms with E-state index < -0.39 is 40.2 Å². The van der Waals surface area contributed by atoms with E-state index in [4.69, 9.17) is 5.11 Å². The molecule has 1 rings (SSSR count). The first-order chi connectivity index (χ1) is 9.91. The van der Waals surface area contributed by atoms with Crippen molar-refractivity contribution in [2.24, 2.45) is 11.3 Å². The molecule has 0 saturated heterocycles. The maximum absolute atomic E-state index is 13.0. The Balaban J connectivity index is 3.33. The molecule has 1 fully saturated rings. The molecule has 7 heteroatoms. The van der Waals surface area contributed by atoms with Crippen LogP contribution in [0.1, 0.15) is 33.6 Å². The van der Waals surface area contributed by atoms with Crippen LogP contribution in [0.25, 0.3) is 0 Å². The zero-order valence-electron chi connectivity index (χ0n) is 12.5. The van der Waals surface area contributed by atoms with E-state index in [0.717, 1.165) is 13.0 Å². The minimum atomic E-state index is -4.86. The first-order valence-electron chi connectivity index (χ1n) is 6.75. The predicted octanol–water partition coefficient (Wildman–Crippen LogP) is 3.20. The zero-order valence-corrected chi connectivity index (χ0v) is 12.5. The summed E-state index contributed by atoms with van der Waals surface area (Å²) in [6.45, 7) is 4.05. The molecule has 0 aromatic heterocycles. The van der Waals surface area contributed by atoms with Crippen molar-refractivity contribution >= 4 is 5.97 Å². The second-order valence-corrected chi connectivity index (χ2v) is 5.85. The Morgan fingerprint density at radius 2 is 1.86 bits per heavy atom. The van der Waals surface area contributed by atoms with E-state index in [2.05, 4.69) is 0 Å². The highest BCUT2D eigenvalue weighted by molar-refractivity contribution is 5.87. The Morgan fingerprint density at radius 3 is 2.14 bits per heavy atom. The number of aliphatic hydroxyl groups is 1. The van der Waals surface area contributed by atoms with E-state index in [1.807, 2.05) is 6.07 Å². The number of hydrogen-bond donors (Lipinski definition) is 2. The average molecular weight is 317 g/mol. The van der Waals surface area contributed by atoms with Gasteiger partial charge in [0.2, 0.25) is 0 Å². The highest BCUT2D eigenvalue weighted by Gasteiger charge is 2.59. The molecular weight excluding hydrogens is 299 g/mol. The van der Waals surface area contributed by atoms with Gasteiger partial charge < -0.3 is 10.2 Å². The van der Waals surface area contributed by atoms with Gasteiger partial charge in [-0.15, -0.1) is 0 Å². The summed E-state index contributed by atoms with van der Waals surface area (Å²) in [6, 6.07) is 1.97. The first kappa shape index (κ1) is 18.2. The molecule has 0 heterocycles. The lowest BCUT2D eigenvalue weighted by Gasteiger charge is -2.34. The summed E-state index contributed by atoms with van der Waals surface area (Å²) in [4.78, 5) is 10.8. The Labute approximate surface area is 126 Å². The summed E-state index contributed by atoms with van der Waals surface area (Å²) in [5.74, 6) is -2.18. The van der Waals surface area contributed by atoms with E-state index in [9.17, 15) is 28.3 Å². The van der Waals surface area contributed by atoms with Crippen LogP contribution in [-0.2, 0) is 4.79 Å². The molecule has 0 spiro atoms. The maximum atomic E-state index is 13.0. The van der Waals surface area contributed by atoms with Crippen molar-refractivity contribution in [2.45, 2.75) is 45.4 Å². The third-order valence-electron chi connectivity index (χ3n) is 4.15. The van der Waals surface area contributed by atoms with Crippen molar-refractivity contribution in [2.75, 3.05) is 0 Å². The number of carbonyl (C=O) groups is 1. The fourth-order valence-corrected chi connectivity index (χ4v) is 2.39. The summed E-state index contributed by atoms with van der Waals surface area (Å²) >= 11 is 0. The number of carboxylic acid groups (broad SMARTS) is 1. The summed E-state index contributed by atoms with van der Waals surface area (Å²) in [6.07, 6.45) is -2.58. The van der Waals surface area contributed by atoms with Crippen LogP contribution >= 0.6 is 0 Å². The SMILES string of the molecule is CC(C(=O)O)=C(C=CC(O)(C(C)C)C1(C#N)CC1)C(F)(F)F. The summed E-state index contributed by atoms with van der Waals surface area (Å²) < 4.78 is 38.9. The molecule has 0 bridgehead atoms. The molecule has 1 saturated carbocycles. The second kappa shape index (κ2) is 5.76. The third-order valence-corrected chi connectivity index (χ3v) is 4.15. The Kier molecular flexibility index (Phi) is 4.78. The van der Waals surface area contributed by atoms with Crippen LogP contribution in [0, 0.1) is 22.7 Å². The van der Waals surface area contributed by atoms with Crippen LogP contribution in [0.15, 0.2) is 23.3 Å². The van der Waals surface area contributed by atoms with Crippen molar-refractivity contribution < 1.29 is 28.2 Å². The standard InChI is InChI=1S/C15H18F3NO3/c1-9(2)14(22,13(8-19)6-7-13)5-4-11(15(16,17)18)10(3)12(20)21/h4-5,9,22H,6-7H2,1-3H3,(H,20,21). The fourth-order valence-electron chi connectivity index (χ4n) is 2.39. The summed E-state index contributed by atoms with van der Waals surface area (Å²) in [5.41, 5.74) is -5.05. The molecule has 1 atom stereocenters. The minimum absolute atomic E-state index is 0.394. The van der Waals surface area contributed by atoms with Crippen LogP contribution in [0.4, 0.5) is 13.2 Å². The average Bonchev–Trinajstić information content (AvgIpc) is 3.17. The smallest absolute Gasteiger partial charge is 0.416 e. The second-order valence-electron chi connectivity index (χ2n) is 5.85. The van der Waals surface area contributed by atoms with Crippen LogP contribution in [0.3, 0.4) is 0 Å². The molecule has 2 N–H and O–H groups in total. The Bertz CT molecular complexity index is 566. The molecule has 0 aliphatic heterocycles. The van der Waals surface area contributed by atoms with Gasteiger partial charge in [-0.3, -0.25) is 0 Å². The number of halogens is 3. The topological polar surface area (TPSA) is 81.3 Å². The van der Waals surface area contributed by atoms with Gasteiger partial charge >= 0.3 is 12.1 Å². The number of nitrogens with zero attached hydrogens (tertiary/aromatic N) is 1. The van der Waals surface area contributed by atoms with Gasteiger partial charge in [-0.2, -0.15) is 18.4 Å². The van der Waals surface area contributed by atoms with Gasteiger partial charge in [0, 0.05) is 5.57 Å². The number of allylic oxidation sites excluding steroid dienone is 2. The molecule has 1 aliphatic carbocycles. The summed E-state index contributed by atoms with van der Waals surface area (Å²) in [7, 11) is 0. The number of aliphatic carboxylic acids is 1. The molecule has 0 amide bonds. The summed E-state index contributed by atoms with van der Waals surface area (Å²) in [5, 5.41) is 28.6. The number of rotatable bonds is 5. The molecule has 1 aliphatic rings. The van der Waals surface area contributed by atoms with E-state index >= 15 is 0 Å². The van der Waals surface area contributed by atoms with E-state index in [1.165, 1.54) is 0 Å². The lowest BCUT2D eigenvalue weighted by Crippen LogP contribution is -2.42. The van der Waals surface area contributed by atoms with Gasteiger partial charge in [0.15, 0.2) is 0 Å². The van der Waals surface area contributed by atoms with Crippen molar-refractivity contribution in [1.82, 2.24) is 0 Å². The van der Waals surface area contributed by atoms with Crippen molar-refractivity contribution in [1.29, 1.82) is 5.26 Å². The van der Waals surface area contributed by atoms with Crippen LogP contribution in [0.2, 0.25) is 0 Å². The van der Waals surface area contributed by atoms with Crippen molar-refractivity contribution in [3.05, 3.63) is 23.3 Å². The van der Waals surface area contributed by atoms with E-state index in [0.29, 0.717) is 18.9 Å². The van der Waals surface area contributed by atoms with Gasteiger partial charge in [0.25, 0.3) is 0 Å². The Morgan fingerprint density at radius 1 is 1.36 bits per heavy atom. The van der Waals surface area contributed by atoms with Crippen molar-refractivity contribution in [3.8, 4) is 6.07 Å². The Hall–Kier alpha value is -1.81. The van der Waals surface area contributed by atoms with Crippen LogP contribution in [0.5, 0.6) is 0 Å². The number of nitriles is 1. The number of alkyl halides is 3. The molecule has 0 radical (unpaired) electrons. The zero-order chi connectivity index (χ0) is 17.3. The first-order valence-corrected chi connectivity index (χ1v) is 6.75. The third kappa shape index (κ3) is 3.17. The lowest BCUT2D eigenvalue weighted by molar-refractivity contribution is -0.133. The van der Waals surface area contributed by atoms with E-state index in [-0.39, 0.29) is 0 Å². The van der Waals surface area contributed by atoms with Gasteiger partial charge in [0.1, 0.15) is 5.60 Å².